The molecule has 0 radical (unpaired) electrons. The second-order valence-electron chi connectivity index (χ2n) is 8.57. The van der Waals surface area contributed by atoms with Crippen LogP contribution < -0.4 is 10.6 Å². The number of likely N-dealkylation sites (tertiary alicyclic amines) is 1. The monoisotopic (exact) mass is 371 g/mol. The summed E-state index contributed by atoms with van der Waals surface area (Å²) in [4.78, 5) is 14.9. The predicted molar refractivity (Wildman–Crippen MR) is 111 cm³/mol. The van der Waals surface area contributed by atoms with Gasteiger partial charge in [0.2, 0.25) is 5.91 Å². The van der Waals surface area contributed by atoms with Crippen molar-refractivity contribution in [2.45, 2.75) is 65.0 Å². The first-order chi connectivity index (χ1) is 13.2. The molecule has 1 amide bonds. The zero-order valence-electron chi connectivity index (χ0n) is 17.0. The molecule has 0 saturated carbocycles. The number of carbonyl (C=O) groups is 1. The Morgan fingerprint density at radius 2 is 1.96 bits per heavy atom. The van der Waals surface area contributed by atoms with Crippen LogP contribution in [0.4, 0.5) is 0 Å². The highest BCUT2D eigenvalue weighted by atomic mass is 16.1. The van der Waals surface area contributed by atoms with E-state index in [0.29, 0.717) is 24.8 Å². The summed E-state index contributed by atoms with van der Waals surface area (Å²) in [6, 6.07) is 8.74. The number of nitrogens with zero attached hydrogens (tertiary/aromatic N) is 1. The molecule has 2 N–H and O–H groups in total. The van der Waals surface area contributed by atoms with E-state index in [4.69, 9.17) is 0 Å². The molecule has 0 spiro atoms. The Balaban J connectivity index is 1.43. The fourth-order valence-corrected chi connectivity index (χ4v) is 4.49. The SMILES string of the molecule is CC(CC(=O)NCc1cccc(CN2CCCCCC2)c1)C1CCCNC1. The van der Waals surface area contributed by atoms with Crippen LogP contribution in [0.1, 0.15) is 63.0 Å². The van der Waals surface area contributed by atoms with E-state index in [1.807, 2.05) is 0 Å². The predicted octanol–water partition coefficient (Wildman–Crippen LogP) is 3.70. The summed E-state index contributed by atoms with van der Waals surface area (Å²) in [5.74, 6) is 1.28. The molecular formula is C23H37N3O. The zero-order valence-corrected chi connectivity index (χ0v) is 17.0. The molecule has 2 fully saturated rings. The largest absolute Gasteiger partial charge is 0.352 e. The first kappa shape index (κ1) is 20.3. The van der Waals surface area contributed by atoms with Crippen LogP contribution in [0.15, 0.2) is 24.3 Å². The molecule has 2 atom stereocenters. The Labute approximate surface area is 165 Å². The Bertz CT molecular complexity index is 575. The maximum absolute atomic E-state index is 12.4. The van der Waals surface area contributed by atoms with Crippen LogP contribution >= 0.6 is 0 Å². The van der Waals surface area contributed by atoms with Crippen LogP contribution in [0.2, 0.25) is 0 Å². The molecule has 4 heteroatoms. The maximum atomic E-state index is 12.4. The van der Waals surface area contributed by atoms with Gasteiger partial charge in [-0.3, -0.25) is 9.69 Å². The third-order valence-corrected chi connectivity index (χ3v) is 6.23. The number of piperidine rings is 1. The van der Waals surface area contributed by atoms with Gasteiger partial charge in [0.25, 0.3) is 0 Å². The Kier molecular flexibility index (Phi) is 8.15. The first-order valence-corrected chi connectivity index (χ1v) is 11.0. The summed E-state index contributed by atoms with van der Waals surface area (Å²) in [7, 11) is 0. The molecule has 0 bridgehead atoms. The number of rotatable bonds is 7. The van der Waals surface area contributed by atoms with Gasteiger partial charge in [0, 0.05) is 19.5 Å². The van der Waals surface area contributed by atoms with E-state index < -0.39 is 0 Å². The molecular weight excluding hydrogens is 334 g/mol. The van der Waals surface area contributed by atoms with Crippen LogP contribution in [0.3, 0.4) is 0 Å². The summed E-state index contributed by atoms with van der Waals surface area (Å²) < 4.78 is 0. The molecule has 2 unspecified atom stereocenters. The summed E-state index contributed by atoms with van der Waals surface area (Å²) in [6.45, 7) is 8.52. The summed E-state index contributed by atoms with van der Waals surface area (Å²) >= 11 is 0. The first-order valence-electron chi connectivity index (χ1n) is 11.0. The molecule has 150 valence electrons. The minimum absolute atomic E-state index is 0.186. The van der Waals surface area contributed by atoms with Gasteiger partial charge >= 0.3 is 0 Å². The van der Waals surface area contributed by atoms with Crippen molar-refractivity contribution in [2.24, 2.45) is 11.8 Å². The molecule has 27 heavy (non-hydrogen) atoms. The summed E-state index contributed by atoms with van der Waals surface area (Å²) in [5, 5.41) is 6.59. The highest BCUT2D eigenvalue weighted by Crippen LogP contribution is 2.22. The van der Waals surface area contributed by atoms with Gasteiger partial charge in [0.05, 0.1) is 0 Å². The van der Waals surface area contributed by atoms with Crippen molar-refractivity contribution in [3.8, 4) is 0 Å². The topological polar surface area (TPSA) is 44.4 Å². The van der Waals surface area contributed by atoms with Crippen molar-refractivity contribution in [3.63, 3.8) is 0 Å². The zero-order chi connectivity index (χ0) is 18.9. The lowest BCUT2D eigenvalue weighted by molar-refractivity contribution is -0.122. The molecule has 4 nitrogen and oxygen atoms in total. The standard InChI is InChI=1S/C23H37N3O/c1-19(22-10-7-11-24-17-22)14-23(27)25-16-20-8-6-9-21(15-20)18-26-12-4-2-3-5-13-26/h6,8-9,15,19,22,24H,2-5,7,10-14,16-18H2,1H3,(H,25,27). The van der Waals surface area contributed by atoms with Gasteiger partial charge in [-0.2, -0.15) is 0 Å². The van der Waals surface area contributed by atoms with Crippen LogP contribution in [-0.2, 0) is 17.9 Å². The van der Waals surface area contributed by atoms with Crippen molar-refractivity contribution in [1.82, 2.24) is 15.5 Å². The molecule has 2 aliphatic rings. The van der Waals surface area contributed by atoms with Gasteiger partial charge in [-0.05, 0) is 74.8 Å². The lowest BCUT2D eigenvalue weighted by Crippen LogP contribution is -2.35. The highest BCUT2D eigenvalue weighted by molar-refractivity contribution is 5.76. The number of carbonyl (C=O) groups excluding carboxylic acids is 1. The average Bonchev–Trinajstić information content (AvgIpc) is 2.96. The maximum Gasteiger partial charge on any atom is 0.220 e. The quantitative estimate of drug-likeness (QED) is 0.768. The summed E-state index contributed by atoms with van der Waals surface area (Å²) in [5.41, 5.74) is 2.58. The highest BCUT2D eigenvalue weighted by Gasteiger charge is 2.21. The van der Waals surface area contributed by atoms with Gasteiger partial charge < -0.3 is 10.6 Å². The van der Waals surface area contributed by atoms with Crippen LogP contribution in [0.25, 0.3) is 0 Å². The second-order valence-corrected chi connectivity index (χ2v) is 8.57. The van der Waals surface area contributed by atoms with Crippen molar-refractivity contribution in [1.29, 1.82) is 0 Å². The molecule has 0 aromatic heterocycles. The van der Waals surface area contributed by atoms with Gasteiger partial charge in [-0.25, -0.2) is 0 Å². The molecule has 1 aromatic carbocycles. The van der Waals surface area contributed by atoms with Gasteiger partial charge in [0.15, 0.2) is 0 Å². The van der Waals surface area contributed by atoms with Gasteiger partial charge in [-0.1, -0.05) is 44.0 Å². The van der Waals surface area contributed by atoms with Crippen LogP contribution in [0.5, 0.6) is 0 Å². The number of hydrogen-bond acceptors (Lipinski definition) is 3. The van der Waals surface area contributed by atoms with E-state index in [0.717, 1.165) is 19.6 Å². The lowest BCUT2D eigenvalue weighted by Gasteiger charge is -2.28. The van der Waals surface area contributed by atoms with E-state index in [9.17, 15) is 4.79 Å². The molecule has 1 aromatic rings. The Hall–Kier alpha value is -1.39. The fraction of sp³-hybridized carbons (Fsp3) is 0.696. The third-order valence-electron chi connectivity index (χ3n) is 6.23. The van der Waals surface area contributed by atoms with E-state index in [1.165, 1.54) is 62.7 Å². The van der Waals surface area contributed by atoms with Crippen molar-refractivity contribution < 1.29 is 4.79 Å². The lowest BCUT2D eigenvalue weighted by atomic mass is 9.85. The minimum Gasteiger partial charge on any atom is -0.352 e. The summed E-state index contributed by atoms with van der Waals surface area (Å²) in [6.07, 6.45) is 8.52. The Morgan fingerprint density at radius 3 is 2.70 bits per heavy atom. The molecule has 0 aliphatic carbocycles. The second kappa shape index (κ2) is 10.8. The number of amides is 1. The third kappa shape index (κ3) is 6.93. The molecule has 3 rings (SSSR count). The molecule has 2 heterocycles. The number of benzene rings is 1. The van der Waals surface area contributed by atoms with E-state index >= 15 is 0 Å². The van der Waals surface area contributed by atoms with Crippen molar-refractivity contribution in [3.05, 3.63) is 35.4 Å². The minimum atomic E-state index is 0.186. The van der Waals surface area contributed by atoms with Crippen LogP contribution in [0, 0.1) is 11.8 Å². The number of nitrogens with one attached hydrogen (secondary N) is 2. The van der Waals surface area contributed by atoms with Crippen LogP contribution in [-0.4, -0.2) is 37.0 Å². The van der Waals surface area contributed by atoms with Gasteiger partial charge in [-0.15, -0.1) is 0 Å². The van der Waals surface area contributed by atoms with E-state index in [-0.39, 0.29) is 5.91 Å². The van der Waals surface area contributed by atoms with Crippen molar-refractivity contribution in [2.75, 3.05) is 26.2 Å². The normalized spacial score (nSPS) is 22.8. The van der Waals surface area contributed by atoms with Gasteiger partial charge in [0.1, 0.15) is 0 Å². The molecule has 2 saturated heterocycles. The van der Waals surface area contributed by atoms with E-state index in [1.54, 1.807) is 0 Å². The smallest absolute Gasteiger partial charge is 0.220 e. The Morgan fingerprint density at radius 1 is 1.19 bits per heavy atom. The fourth-order valence-electron chi connectivity index (χ4n) is 4.49. The average molecular weight is 372 g/mol. The molecule has 2 aliphatic heterocycles. The number of hydrogen-bond donors (Lipinski definition) is 2. The van der Waals surface area contributed by atoms with E-state index in [2.05, 4.69) is 46.7 Å². The van der Waals surface area contributed by atoms with Crippen molar-refractivity contribution >= 4 is 5.91 Å².